The van der Waals surface area contributed by atoms with Crippen molar-refractivity contribution in [2.24, 2.45) is 0 Å². The van der Waals surface area contributed by atoms with Crippen molar-refractivity contribution in [2.75, 3.05) is 13.1 Å². The van der Waals surface area contributed by atoms with Crippen LogP contribution in [0.4, 0.5) is 4.79 Å². The SMILES string of the molecule is CCCNC(=O)CNC(=O)NCc1ccnc(-n2cccn2)c1. The molecule has 0 fully saturated rings. The van der Waals surface area contributed by atoms with Crippen molar-refractivity contribution in [3.63, 3.8) is 0 Å². The molecule has 2 rings (SSSR count). The minimum Gasteiger partial charge on any atom is -0.355 e. The maximum absolute atomic E-state index is 11.7. The molecule has 2 aromatic rings. The van der Waals surface area contributed by atoms with Crippen LogP contribution in [0.25, 0.3) is 5.82 Å². The average Bonchev–Trinajstić information content (AvgIpc) is 3.11. The lowest BCUT2D eigenvalue weighted by molar-refractivity contribution is -0.120. The number of nitrogens with one attached hydrogen (secondary N) is 3. The van der Waals surface area contributed by atoms with Gasteiger partial charge in [0.25, 0.3) is 0 Å². The van der Waals surface area contributed by atoms with Gasteiger partial charge in [-0.15, -0.1) is 0 Å². The van der Waals surface area contributed by atoms with Crippen molar-refractivity contribution in [3.8, 4) is 5.82 Å². The Hall–Kier alpha value is -2.90. The highest BCUT2D eigenvalue weighted by Gasteiger charge is 2.05. The molecule has 0 aliphatic carbocycles. The number of hydrogen-bond acceptors (Lipinski definition) is 4. The normalized spacial score (nSPS) is 10.1. The van der Waals surface area contributed by atoms with Crippen LogP contribution in [-0.4, -0.2) is 39.8 Å². The van der Waals surface area contributed by atoms with Gasteiger partial charge in [0, 0.05) is 31.7 Å². The Morgan fingerprint density at radius 2 is 2.09 bits per heavy atom. The number of rotatable bonds is 7. The lowest BCUT2D eigenvalue weighted by atomic mass is 10.2. The molecule has 122 valence electrons. The number of hydrogen-bond donors (Lipinski definition) is 3. The fourth-order valence-electron chi connectivity index (χ4n) is 1.83. The molecule has 8 heteroatoms. The molecule has 0 atom stereocenters. The molecule has 2 aromatic heterocycles. The summed E-state index contributed by atoms with van der Waals surface area (Å²) in [7, 11) is 0. The number of aromatic nitrogens is 3. The smallest absolute Gasteiger partial charge is 0.315 e. The summed E-state index contributed by atoms with van der Waals surface area (Å²) < 4.78 is 1.64. The van der Waals surface area contributed by atoms with Crippen LogP contribution in [0.2, 0.25) is 0 Å². The van der Waals surface area contributed by atoms with Gasteiger partial charge in [-0.25, -0.2) is 14.5 Å². The number of pyridine rings is 1. The van der Waals surface area contributed by atoms with Crippen molar-refractivity contribution in [1.82, 2.24) is 30.7 Å². The first-order valence-corrected chi connectivity index (χ1v) is 7.42. The second kappa shape index (κ2) is 8.52. The highest BCUT2D eigenvalue weighted by Crippen LogP contribution is 2.05. The lowest BCUT2D eigenvalue weighted by Gasteiger charge is -2.09. The van der Waals surface area contributed by atoms with E-state index in [2.05, 4.69) is 26.0 Å². The maximum atomic E-state index is 11.7. The minimum atomic E-state index is -0.394. The van der Waals surface area contributed by atoms with Crippen LogP contribution in [0, 0.1) is 0 Å². The predicted octanol–water partition coefficient (Wildman–Crippen LogP) is 0.593. The van der Waals surface area contributed by atoms with Gasteiger partial charge < -0.3 is 16.0 Å². The van der Waals surface area contributed by atoms with Crippen LogP contribution < -0.4 is 16.0 Å². The summed E-state index contributed by atoms with van der Waals surface area (Å²) in [5.74, 6) is 0.473. The van der Waals surface area contributed by atoms with Crippen molar-refractivity contribution in [1.29, 1.82) is 0 Å². The van der Waals surface area contributed by atoms with Gasteiger partial charge in [0.2, 0.25) is 5.91 Å². The summed E-state index contributed by atoms with van der Waals surface area (Å²) in [4.78, 5) is 27.3. The summed E-state index contributed by atoms with van der Waals surface area (Å²) in [6, 6.07) is 5.06. The molecule has 8 nitrogen and oxygen atoms in total. The van der Waals surface area contributed by atoms with Crippen molar-refractivity contribution >= 4 is 11.9 Å². The van der Waals surface area contributed by atoms with E-state index in [0.717, 1.165) is 12.0 Å². The van der Waals surface area contributed by atoms with E-state index in [1.165, 1.54) is 0 Å². The summed E-state index contributed by atoms with van der Waals surface area (Å²) >= 11 is 0. The van der Waals surface area contributed by atoms with Crippen LogP contribution in [0.1, 0.15) is 18.9 Å². The molecule has 0 spiro atoms. The van der Waals surface area contributed by atoms with Crippen LogP contribution in [-0.2, 0) is 11.3 Å². The van der Waals surface area contributed by atoms with Gasteiger partial charge >= 0.3 is 6.03 Å². The molecular weight excluding hydrogens is 296 g/mol. The highest BCUT2D eigenvalue weighted by atomic mass is 16.2. The van der Waals surface area contributed by atoms with Gasteiger partial charge in [0.15, 0.2) is 5.82 Å². The van der Waals surface area contributed by atoms with Gasteiger partial charge in [-0.05, 0) is 30.2 Å². The van der Waals surface area contributed by atoms with E-state index in [0.29, 0.717) is 18.9 Å². The fraction of sp³-hybridized carbons (Fsp3) is 0.333. The first-order valence-electron chi connectivity index (χ1n) is 7.42. The molecule has 0 radical (unpaired) electrons. The molecule has 0 aliphatic rings. The first-order chi connectivity index (χ1) is 11.2. The molecule has 0 aliphatic heterocycles. The fourth-order valence-corrected chi connectivity index (χ4v) is 1.83. The molecule has 2 heterocycles. The topological polar surface area (TPSA) is 101 Å². The van der Waals surface area contributed by atoms with Gasteiger partial charge in [-0.2, -0.15) is 5.10 Å². The quantitative estimate of drug-likeness (QED) is 0.696. The molecule has 0 saturated heterocycles. The number of carbonyl (C=O) groups excluding carboxylic acids is 2. The summed E-state index contributed by atoms with van der Waals surface area (Å²) in [5.41, 5.74) is 0.885. The second-order valence-electron chi connectivity index (χ2n) is 4.86. The van der Waals surface area contributed by atoms with E-state index in [1.807, 2.05) is 19.1 Å². The van der Waals surface area contributed by atoms with Gasteiger partial charge in [0.05, 0.1) is 6.54 Å². The van der Waals surface area contributed by atoms with E-state index in [9.17, 15) is 9.59 Å². The molecule has 23 heavy (non-hydrogen) atoms. The molecule has 0 bridgehead atoms. The number of urea groups is 1. The van der Waals surface area contributed by atoms with Gasteiger partial charge in [-0.3, -0.25) is 4.79 Å². The number of amides is 3. The monoisotopic (exact) mass is 316 g/mol. The zero-order valence-electron chi connectivity index (χ0n) is 13.0. The van der Waals surface area contributed by atoms with Crippen molar-refractivity contribution in [3.05, 3.63) is 42.4 Å². The van der Waals surface area contributed by atoms with Crippen LogP contribution >= 0.6 is 0 Å². The predicted molar refractivity (Wildman–Crippen MR) is 84.9 cm³/mol. The summed E-state index contributed by atoms with van der Waals surface area (Å²) in [5, 5.41) is 12.0. The van der Waals surface area contributed by atoms with E-state index < -0.39 is 6.03 Å². The maximum Gasteiger partial charge on any atom is 0.315 e. The van der Waals surface area contributed by atoms with E-state index in [4.69, 9.17) is 0 Å². The average molecular weight is 316 g/mol. The third-order valence-electron chi connectivity index (χ3n) is 2.98. The Labute approximate surface area is 134 Å². The second-order valence-corrected chi connectivity index (χ2v) is 4.86. The standard InChI is InChI=1S/C15H20N6O2/c1-2-5-17-14(22)11-19-15(23)18-10-12-4-7-16-13(9-12)21-8-3-6-20-21/h3-4,6-9H,2,5,10-11H2,1H3,(H,17,22)(H2,18,19,23). The Morgan fingerprint density at radius 1 is 1.22 bits per heavy atom. The largest absolute Gasteiger partial charge is 0.355 e. The molecule has 0 unspecified atom stereocenters. The third kappa shape index (κ3) is 5.42. The Balaban J connectivity index is 1.78. The number of nitrogens with zero attached hydrogens (tertiary/aromatic N) is 3. The van der Waals surface area contributed by atoms with E-state index >= 15 is 0 Å². The lowest BCUT2D eigenvalue weighted by Crippen LogP contribution is -2.41. The van der Waals surface area contributed by atoms with Crippen LogP contribution in [0.3, 0.4) is 0 Å². The first kappa shape index (κ1) is 16.5. The van der Waals surface area contributed by atoms with Crippen molar-refractivity contribution < 1.29 is 9.59 Å². The zero-order chi connectivity index (χ0) is 16.5. The molecule has 3 amide bonds. The Morgan fingerprint density at radius 3 is 2.83 bits per heavy atom. The zero-order valence-corrected chi connectivity index (χ0v) is 13.0. The van der Waals surface area contributed by atoms with Crippen molar-refractivity contribution in [2.45, 2.75) is 19.9 Å². The third-order valence-corrected chi connectivity index (χ3v) is 2.98. The Kier molecular flexibility index (Phi) is 6.10. The van der Waals surface area contributed by atoms with Crippen LogP contribution in [0.5, 0.6) is 0 Å². The number of carbonyl (C=O) groups is 2. The molecule has 3 N–H and O–H groups in total. The van der Waals surface area contributed by atoms with E-state index in [-0.39, 0.29) is 12.5 Å². The van der Waals surface area contributed by atoms with E-state index in [1.54, 1.807) is 29.3 Å². The Bertz CT molecular complexity index is 641. The minimum absolute atomic E-state index is 0.0410. The van der Waals surface area contributed by atoms with Gasteiger partial charge in [0.1, 0.15) is 0 Å². The van der Waals surface area contributed by atoms with Gasteiger partial charge in [-0.1, -0.05) is 6.92 Å². The summed E-state index contributed by atoms with van der Waals surface area (Å²) in [6.45, 7) is 2.86. The highest BCUT2D eigenvalue weighted by molar-refractivity contribution is 5.83. The molecular formula is C15H20N6O2. The summed E-state index contributed by atoms with van der Waals surface area (Å²) in [6.07, 6.45) is 5.98. The molecule has 0 aromatic carbocycles. The molecule has 0 saturated carbocycles. The van der Waals surface area contributed by atoms with Crippen LogP contribution in [0.15, 0.2) is 36.8 Å².